The second kappa shape index (κ2) is 5.16. The Labute approximate surface area is 107 Å². The summed E-state index contributed by atoms with van der Waals surface area (Å²) in [7, 11) is 1.69. The van der Waals surface area contributed by atoms with E-state index in [0.717, 1.165) is 17.7 Å². The standard InChI is InChI=1S/C14H20O4/c1-14(2,16-3)7-6-11(15)10-4-5-12-13(8-10)18-9-17-12/h4-5,8,11,15H,6-7,9H2,1-3H3. The van der Waals surface area contributed by atoms with Crippen molar-refractivity contribution >= 4 is 0 Å². The van der Waals surface area contributed by atoms with Gasteiger partial charge in [-0.2, -0.15) is 0 Å². The first-order chi connectivity index (χ1) is 8.52. The number of benzene rings is 1. The predicted octanol–water partition coefficient (Wildman–Crippen LogP) is 2.65. The van der Waals surface area contributed by atoms with Gasteiger partial charge in [0.05, 0.1) is 11.7 Å². The Morgan fingerprint density at radius 3 is 2.78 bits per heavy atom. The van der Waals surface area contributed by atoms with Crippen molar-refractivity contribution in [1.82, 2.24) is 0 Å². The fourth-order valence-electron chi connectivity index (χ4n) is 1.87. The molecule has 0 aliphatic carbocycles. The van der Waals surface area contributed by atoms with Crippen molar-refractivity contribution < 1.29 is 19.3 Å². The zero-order valence-corrected chi connectivity index (χ0v) is 11.1. The fraction of sp³-hybridized carbons (Fsp3) is 0.571. The molecule has 1 aromatic rings. The molecular formula is C14H20O4. The van der Waals surface area contributed by atoms with Gasteiger partial charge in [0.15, 0.2) is 11.5 Å². The summed E-state index contributed by atoms with van der Waals surface area (Å²) in [6.45, 7) is 4.28. The maximum Gasteiger partial charge on any atom is 0.231 e. The van der Waals surface area contributed by atoms with E-state index in [-0.39, 0.29) is 12.4 Å². The molecule has 1 atom stereocenters. The van der Waals surface area contributed by atoms with Crippen LogP contribution in [0, 0.1) is 0 Å². The highest BCUT2D eigenvalue weighted by molar-refractivity contribution is 5.45. The van der Waals surface area contributed by atoms with Gasteiger partial charge in [0, 0.05) is 7.11 Å². The summed E-state index contributed by atoms with van der Waals surface area (Å²) in [5.74, 6) is 1.45. The van der Waals surface area contributed by atoms with Gasteiger partial charge in [-0.25, -0.2) is 0 Å². The van der Waals surface area contributed by atoms with E-state index in [1.165, 1.54) is 0 Å². The monoisotopic (exact) mass is 252 g/mol. The average Bonchev–Trinajstić information content (AvgIpc) is 2.83. The summed E-state index contributed by atoms with van der Waals surface area (Å²) < 4.78 is 15.9. The van der Waals surface area contributed by atoms with Crippen LogP contribution < -0.4 is 9.47 Å². The third kappa shape index (κ3) is 2.94. The lowest BCUT2D eigenvalue weighted by atomic mass is 9.96. The average molecular weight is 252 g/mol. The first-order valence-electron chi connectivity index (χ1n) is 6.14. The largest absolute Gasteiger partial charge is 0.454 e. The third-order valence-corrected chi connectivity index (χ3v) is 3.35. The highest BCUT2D eigenvalue weighted by atomic mass is 16.7. The van der Waals surface area contributed by atoms with Gasteiger partial charge in [-0.15, -0.1) is 0 Å². The Morgan fingerprint density at radius 1 is 1.33 bits per heavy atom. The molecule has 2 rings (SSSR count). The van der Waals surface area contributed by atoms with Crippen LogP contribution in [0.5, 0.6) is 11.5 Å². The van der Waals surface area contributed by atoms with E-state index >= 15 is 0 Å². The number of aliphatic hydroxyl groups excluding tert-OH is 1. The Morgan fingerprint density at radius 2 is 2.06 bits per heavy atom. The Balaban J connectivity index is 1.99. The molecule has 0 fully saturated rings. The van der Waals surface area contributed by atoms with Crippen LogP contribution in [0.1, 0.15) is 38.4 Å². The first-order valence-corrected chi connectivity index (χ1v) is 6.14. The quantitative estimate of drug-likeness (QED) is 0.875. The van der Waals surface area contributed by atoms with E-state index in [1.807, 2.05) is 32.0 Å². The molecule has 0 bridgehead atoms. The number of fused-ring (bicyclic) bond motifs is 1. The second-order valence-corrected chi connectivity index (χ2v) is 5.13. The number of hydrogen-bond donors (Lipinski definition) is 1. The van der Waals surface area contributed by atoms with Crippen LogP contribution in [0.15, 0.2) is 18.2 Å². The van der Waals surface area contributed by atoms with Crippen molar-refractivity contribution in [3.63, 3.8) is 0 Å². The summed E-state index contributed by atoms with van der Waals surface area (Å²) in [4.78, 5) is 0. The van der Waals surface area contributed by atoms with Gasteiger partial charge < -0.3 is 19.3 Å². The molecule has 1 aliphatic heterocycles. The maximum atomic E-state index is 10.2. The second-order valence-electron chi connectivity index (χ2n) is 5.13. The minimum atomic E-state index is -0.506. The first kappa shape index (κ1) is 13.2. The van der Waals surface area contributed by atoms with Crippen molar-refractivity contribution in [3.8, 4) is 11.5 Å². The molecule has 4 heteroatoms. The predicted molar refractivity (Wildman–Crippen MR) is 67.8 cm³/mol. The number of rotatable bonds is 5. The minimum Gasteiger partial charge on any atom is -0.454 e. The van der Waals surface area contributed by atoms with E-state index in [2.05, 4.69) is 0 Å². The van der Waals surface area contributed by atoms with Gasteiger partial charge in [0.1, 0.15) is 0 Å². The number of ether oxygens (including phenoxy) is 3. The summed E-state index contributed by atoms with van der Waals surface area (Å²) in [6.07, 6.45) is 0.938. The molecule has 0 radical (unpaired) electrons. The van der Waals surface area contributed by atoms with Gasteiger partial charge in [-0.05, 0) is 44.4 Å². The molecule has 1 aromatic carbocycles. The SMILES string of the molecule is COC(C)(C)CCC(O)c1ccc2c(c1)OCO2. The van der Waals surface area contributed by atoms with Gasteiger partial charge in [0.2, 0.25) is 6.79 Å². The summed E-state index contributed by atoms with van der Waals surface area (Å²) in [6, 6.07) is 5.55. The molecular weight excluding hydrogens is 232 g/mol. The van der Waals surface area contributed by atoms with Crippen molar-refractivity contribution in [1.29, 1.82) is 0 Å². The summed E-state index contributed by atoms with van der Waals surface area (Å²) >= 11 is 0. The van der Waals surface area contributed by atoms with Crippen molar-refractivity contribution in [2.75, 3.05) is 13.9 Å². The number of aliphatic hydroxyl groups is 1. The number of hydrogen-bond acceptors (Lipinski definition) is 4. The highest BCUT2D eigenvalue weighted by Crippen LogP contribution is 2.35. The third-order valence-electron chi connectivity index (χ3n) is 3.35. The smallest absolute Gasteiger partial charge is 0.231 e. The Kier molecular flexibility index (Phi) is 3.78. The topological polar surface area (TPSA) is 47.9 Å². The Hall–Kier alpha value is -1.26. The van der Waals surface area contributed by atoms with Crippen molar-refractivity contribution in [2.24, 2.45) is 0 Å². The van der Waals surface area contributed by atoms with Crippen LogP contribution in [0.25, 0.3) is 0 Å². The van der Waals surface area contributed by atoms with Crippen LogP contribution >= 0.6 is 0 Å². The van der Waals surface area contributed by atoms with E-state index in [1.54, 1.807) is 7.11 Å². The Bertz CT molecular complexity index is 414. The molecule has 0 saturated heterocycles. The zero-order valence-electron chi connectivity index (χ0n) is 11.1. The molecule has 0 amide bonds. The van der Waals surface area contributed by atoms with Crippen LogP contribution in [-0.2, 0) is 4.74 Å². The molecule has 1 aliphatic rings. The minimum absolute atomic E-state index is 0.211. The van der Waals surface area contributed by atoms with E-state index in [4.69, 9.17) is 14.2 Å². The van der Waals surface area contributed by atoms with E-state index < -0.39 is 6.10 Å². The van der Waals surface area contributed by atoms with Gasteiger partial charge in [-0.1, -0.05) is 6.07 Å². The normalized spacial score (nSPS) is 15.8. The van der Waals surface area contributed by atoms with Crippen molar-refractivity contribution in [3.05, 3.63) is 23.8 Å². The molecule has 1 heterocycles. The lowest BCUT2D eigenvalue weighted by molar-refractivity contribution is 0.00278. The molecule has 18 heavy (non-hydrogen) atoms. The van der Waals surface area contributed by atoms with E-state index in [0.29, 0.717) is 12.2 Å². The molecule has 100 valence electrons. The van der Waals surface area contributed by atoms with Crippen LogP contribution in [-0.4, -0.2) is 24.6 Å². The summed E-state index contributed by atoms with van der Waals surface area (Å²) in [5.41, 5.74) is 0.642. The highest BCUT2D eigenvalue weighted by Gasteiger charge is 2.21. The number of methoxy groups -OCH3 is 1. The summed E-state index contributed by atoms with van der Waals surface area (Å²) in [5, 5.41) is 10.2. The van der Waals surface area contributed by atoms with Crippen molar-refractivity contribution in [2.45, 2.75) is 38.4 Å². The lowest BCUT2D eigenvalue weighted by Gasteiger charge is -2.24. The molecule has 0 aromatic heterocycles. The van der Waals surface area contributed by atoms with E-state index in [9.17, 15) is 5.11 Å². The van der Waals surface area contributed by atoms with Gasteiger partial charge >= 0.3 is 0 Å². The van der Waals surface area contributed by atoms with Crippen LogP contribution in [0.3, 0.4) is 0 Å². The maximum absolute atomic E-state index is 10.2. The molecule has 4 nitrogen and oxygen atoms in total. The van der Waals surface area contributed by atoms with Gasteiger partial charge in [0.25, 0.3) is 0 Å². The molecule has 1 N–H and O–H groups in total. The lowest BCUT2D eigenvalue weighted by Crippen LogP contribution is -2.23. The molecule has 0 spiro atoms. The van der Waals surface area contributed by atoms with Crippen LogP contribution in [0.2, 0.25) is 0 Å². The van der Waals surface area contributed by atoms with Crippen LogP contribution in [0.4, 0.5) is 0 Å². The zero-order chi connectivity index (χ0) is 13.2. The fourth-order valence-corrected chi connectivity index (χ4v) is 1.87. The van der Waals surface area contributed by atoms with Gasteiger partial charge in [-0.3, -0.25) is 0 Å². The molecule has 0 saturated carbocycles. The molecule has 1 unspecified atom stereocenters.